The van der Waals surface area contributed by atoms with Gasteiger partial charge < -0.3 is 71.0 Å². The van der Waals surface area contributed by atoms with Crippen LogP contribution in [0.1, 0.15) is 150 Å². The van der Waals surface area contributed by atoms with Gasteiger partial charge in [-0.25, -0.2) is 98.4 Å². The molecule has 0 aliphatic carbocycles. The number of alkyl halides is 4. The van der Waals surface area contributed by atoms with Crippen molar-refractivity contribution in [2.45, 2.75) is 266 Å². The molecular weight excluding hydrogens is 1970 g/mol. The van der Waals surface area contributed by atoms with Gasteiger partial charge in [0.15, 0.2) is 75.9 Å². The summed E-state index contributed by atoms with van der Waals surface area (Å²) in [6.45, 7) is 28.3. The number of aromatic nitrogens is 16. The molecule has 60 heteroatoms. The summed E-state index contributed by atoms with van der Waals surface area (Å²) in [5, 5.41) is 30.5. The van der Waals surface area contributed by atoms with Crippen molar-refractivity contribution in [1.82, 2.24) is 98.4 Å². The Bertz CT molecular complexity index is 5440. The molecule has 15 rings (SSSR count). The van der Waals surface area contributed by atoms with Crippen LogP contribution in [-0.4, -0.2) is 280 Å². The van der Waals surface area contributed by atoms with Gasteiger partial charge in [-0.3, -0.25) is 78.4 Å². The Balaban J connectivity index is 0.000000163. The molecule has 0 saturated carbocycles. The molecule has 8 aromatic rings. The van der Waals surface area contributed by atoms with Crippen molar-refractivity contribution in [2.75, 3.05) is 68.3 Å². The minimum Gasteiger partial charge on any atom is -0.462 e. The quantitative estimate of drug-likeness (QED) is 0.00723. The molecule has 0 spiro atoms. The van der Waals surface area contributed by atoms with Crippen LogP contribution >= 0.6 is 89.2 Å². The molecule has 7 saturated heterocycles. The van der Waals surface area contributed by atoms with Crippen LogP contribution in [0.4, 0.5) is 23.3 Å². The van der Waals surface area contributed by atoms with E-state index in [1.807, 2.05) is 0 Å². The van der Waals surface area contributed by atoms with Gasteiger partial charge in [0.1, 0.15) is 140 Å². The number of imidazole rings is 4. The summed E-state index contributed by atoms with van der Waals surface area (Å²) in [7, 11) is -15.8. The first-order chi connectivity index (χ1) is 63.1. The normalized spacial score (nSPS) is 31.3. The van der Waals surface area contributed by atoms with Crippen molar-refractivity contribution in [3.8, 4) is 0 Å². The monoisotopic (exact) mass is 2070 g/mol. The summed E-state index contributed by atoms with van der Waals surface area (Å²) in [5.74, 6) is -1.48. The van der Waals surface area contributed by atoms with Gasteiger partial charge in [-0.15, -0.1) is 46.4 Å². The van der Waals surface area contributed by atoms with E-state index in [1.54, 1.807) is 111 Å². The zero-order valence-corrected chi connectivity index (χ0v) is 83.8. The number of ether oxygens (including phenoxy) is 8. The molecule has 7 aliphatic heterocycles. The highest BCUT2D eigenvalue weighted by Crippen LogP contribution is 2.62. The largest absolute Gasteiger partial charge is 0.462 e. The maximum Gasteiger partial charge on any atom is 0.406 e. The second kappa shape index (κ2) is 42.2. The van der Waals surface area contributed by atoms with E-state index >= 15 is 0 Å². The summed E-state index contributed by atoms with van der Waals surface area (Å²) < 4.78 is 149. The number of nitrogens with one attached hydrogen (secondary N) is 4. The van der Waals surface area contributed by atoms with Crippen molar-refractivity contribution in [1.29, 1.82) is 0 Å². The van der Waals surface area contributed by atoms with E-state index in [1.165, 1.54) is 82.9 Å². The molecule has 14 N–H and O–H groups in total. The molecular formula is C75H110Cl4N24O27P4S. The predicted molar refractivity (Wildman–Crippen MR) is 486 cm³/mol. The van der Waals surface area contributed by atoms with Crippen LogP contribution in [0.15, 0.2) is 50.6 Å². The molecule has 51 nitrogen and oxygen atoms in total. The number of aliphatic hydroxyl groups is 2. The number of esters is 4. The number of nitrogens with two attached hydrogens (primary N) is 4. The Morgan fingerprint density at radius 2 is 0.770 bits per heavy atom. The molecule has 0 bridgehead atoms. The number of hydrogen-bond donors (Lipinski definition) is 10. The van der Waals surface area contributed by atoms with Gasteiger partial charge in [0, 0.05) is 5.75 Å². The zero-order chi connectivity index (χ0) is 99.1. The smallest absolute Gasteiger partial charge is 0.406 e. The lowest BCUT2D eigenvalue weighted by atomic mass is 9.97. The first kappa shape index (κ1) is 107. The topological polar surface area (TPSA) is 668 Å². The van der Waals surface area contributed by atoms with Gasteiger partial charge in [-0.2, -0.15) is 0 Å². The highest BCUT2D eigenvalue weighted by molar-refractivity contribution is 8.13. The minimum atomic E-state index is -4.24. The Hall–Kier alpha value is -7.34. The number of aliphatic hydroxyl groups excluding tert-OH is 2. The molecule has 8 aromatic heterocycles. The van der Waals surface area contributed by atoms with Crippen LogP contribution in [0.25, 0.3) is 44.7 Å². The van der Waals surface area contributed by atoms with Crippen molar-refractivity contribution in [3.05, 3.63) is 50.6 Å². The second-order valence-corrected chi connectivity index (χ2v) is 45.9. The lowest BCUT2D eigenvalue weighted by molar-refractivity contribution is -0.150. The molecule has 746 valence electrons. The second-order valence-electron chi connectivity index (χ2n) is 34.6. The van der Waals surface area contributed by atoms with Crippen molar-refractivity contribution in [2.24, 2.45) is 5.41 Å². The highest BCUT2D eigenvalue weighted by Gasteiger charge is 2.64. The van der Waals surface area contributed by atoms with Crippen LogP contribution in [0.2, 0.25) is 0 Å². The molecule has 7 aliphatic rings. The summed E-state index contributed by atoms with van der Waals surface area (Å²) in [6.07, 6.45) is -0.140. The third-order valence-electron chi connectivity index (χ3n) is 21.5. The average molecular weight is 2080 g/mol. The number of halogens is 4. The van der Waals surface area contributed by atoms with Gasteiger partial charge in [0.25, 0.3) is 0 Å². The molecule has 0 aromatic carbocycles. The summed E-state index contributed by atoms with van der Waals surface area (Å²) >= 11 is 28.2. The van der Waals surface area contributed by atoms with Crippen molar-refractivity contribution < 1.29 is 127 Å². The van der Waals surface area contributed by atoms with Crippen LogP contribution in [0.3, 0.4) is 0 Å². The molecule has 24 atom stereocenters. The van der Waals surface area contributed by atoms with E-state index in [2.05, 4.69) is 80.2 Å². The molecule has 7 fully saturated rings. The first-order valence-electron chi connectivity index (χ1n) is 42.2. The Morgan fingerprint density at radius 3 is 1.06 bits per heavy atom. The third kappa shape index (κ3) is 23.6. The number of carbonyl (C=O) groups is 5. The van der Waals surface area contributed by atoms with Gasteiger partial charge in [0.2, 0.25) is 0 Å². The first-order valence-corrected chi connectivity index (χ1v) is 50.9. The minimum absolute atomic E-state index is 0.0521. The van der Waals surface area contributed by atoms with E-state index in [0.29, 0.717) is 44.7 Å². The molecule has 0 radical (unpaired) electrons. The van der Waals surface area contributed by atoms with Crippen LogP contribution < -0.4 is 43.3 Å². The van der Waals surface area contributed by atoms with Crippen LogP contribution in [0.5, 0.6) is 0 Å². The Labute approximate surface area is 797 Å². The number of carbonyl (C=O) groups excluding carboxylic acids is 5. The van der Waals surface area contributed by atoms with Crippen molar-refractivity contribution >= 4 is 186 Å². The van der Waals surface area contributed by atoms with Gasteiger partial charge in [-0.05, 0) is 125 Å². The lowest BCUT2D eigenvalue weighted by Crippen LogP contribution is -2.47. The Morgan fingerprint density at radius 1 is 0.481 bits per heavy atom. The fraction of sp³-hybridized carbons (Fsp3) is 0.667. The maximum absolute atomic E-state index is 13.7. The number of nitrogen functional groups attached to an aromatic ring is 4. The third-order valence-corrected chi connectivity index (χ3v) is 31.1. The number of fused-ring (bicyclic) bond motifs is 7. The summed E-state index contributed by atoms with van der Waals surface area (Å²) in [4.78, 5) is 106. The van der Waals surface area contributed by atoms with E-state index in [4.69, 9.17) is 143 Å². The number of thioether (sulfide) groups is 1. The number of rotatable bonds is 29. The number of hydrogen-bond acceptors (Lipinski definition) is 44. The predicted octanol–water partition coefficient (Wildman–Crippen LogP) is 7.28. The molecule has 135 heavy (non-hydrogen) atoms. The molecule has 15 heterocycles. The Kier molecular flexibility index (Phi) is 33.3. The van der Waals surface area contributed by atoms with Crippen LogP contribution in [-0.2, 0) is 116 Å². The zero-order valence-electron chi connectivity index (χ0n) is 76.4. The van der Waals surface area contributed by atoms with E-state index in [9.17, 15) is 52.4 Å². The van der Waals surface area contributed by atoms with E-state index < -0.39 is 190 Å². The molecule has 1 unspecified atom stereocenters. The van der Waals surface area contributed by atoms with E-state index in [0.717, 1.165) is 11.8 Å². The summed E-state index contributed by atoms with van der Waals surface area (Å²) in [6, 6.07) is -3.84. The van der Waals surface area contributed by atoms with Crippen LogP contribution in [0, 0.1) is 5.41 Å². The van der Waals surface area contributed by atoms with E-state index in [-0.39, 0.29) is 85.5 Å². The fourth-order valence-electron chi connectivity index (χ4n) is 14.6. The van der Waals surface area contributed by atoms with Gasteiger partial charge in [-0.1, -0.05) is 11.8 Å². The van der Waals surface area contributed by atoms with Gasteiger partial charge in [0.05, 0.1) is 94.8 Å². The maximum atomic E-state index is 13.7. The fourth-order valence-corrected chi connectivity index (χ4v) is 23.9. The number of nitrogens with zero attached hydrogens (tertiary/aromatic N) is 16. The standard InChI is InChI=1S/C24H38ClN6O9PS.3C17H24ClN6O6P/c1-13(2)39-20(34)14(3)30-41(36,37-7-8-42-22(35)23(4,5)10-32)38-9-15-17(33)24(6,25)21(40-15)31-12-29-16-18(26)27-11-28-19(16)31;3*1-8(2)28-15(25)9(3)23-31(26)27-5-10-12(30-31)17(4,18)16(29-10)24-7-22-11-13(19)20-6-21-14(11)24/h11-15,17,21,32-33H,7-10H2,1-6H3,(H,30,36)(H2,26,27,28);3*6-10,12,16H,5H2,1-4H3,(H,23,26)(H2,19,20,21)/t14-,15-,17-,21-,24-,41+;9-,10-,12-,16-,17-,31?;9-,10-,12-,16-,17-,31+;9-,10-,12-,16-,17-,31-/m1111/s1. The molecule has 0 amide bonds. The highest BCUT2D eigenvalue weighted by atomic mass is 35.5. The lowest BCUT2D eigenvalue weighted by Gasteiger charge is -2.36. The summed E-state index contributed by atoms with van der Waals surface area (Å²) in [5.41, 5.74) is 25.7. The number of anilines is 4. The van der Waals surface area contributed by atoms with Gasteiger partial charge >= 0.3 is 54.9 Å². The van der Waals surface area contributed by atoms with Crippen molar-refractivity contribution in [3.63, 3.8) is 0 Å². The SMILES string of the molecule is CC(C)OC(=O)[C@@H](C)NP1(=O)OC[C@H]2O[C@@H](n3cnc4c(N)ncnc43)[C@](C)(Cl)[C@@H]2O1.CC(C)OC(=O)[C@@H](C)N[P@@]1(=O)OC[C@H]2O[C@@H](n3cnc4c(N)ncnc43)[C@](C)(Cl)[C@@H]2O1.CC(C)OC(=O)[C@@H](C)N[P@](=O)(OCCSC(=O)C(C)(C)CO)OC[C@H]1O[C@@H](n2cnc3c(N)ncnc32)[C@](C)(Cl)[C@@H]1O.CC(C)OC(=O)[C@@H](C)N[P@]1(=O)OC[C@H]2O[C@@H](n3cnc4c(N)ncnc43)[C@](C)(Cl)[C@@H]2O1. The average Bonchev–Trinajstić information content (AvgIpc) is 1.60.